The van der Waals surface area contributed by atoms with E-state index in [4.69, 9.17) is 5.41 Å². The molecule has 1 aliphatic carbocycles. The molecule has 0 bridgehead atoms. The fraction of sp³-hybridized carbons (Fsp3) is 0.0625. The normalized spacial score (nSPS) is 17.9. The fourth-order valence-electron chi connectivity index (χ4n) is 2.39. The van der Waals surface area contributed by atoms with E-state index < -0.39 is 33.3 Å². The van der Waals surface area contributed by atoms with Crippen molar-refractivity contribution in [1.29, 1.82) is 5.41 Å². The first-order chi connectivity index (χ1) is 10.9. The number of benzene rings is 2. The summed E-state index contributed by atoms with van der Waals surface area (Å²) in [5.74, 6) is -1.26. The van der Waals surface area contributed by atoms with Gasteiger partial charge in [0, 0.05) is 11.1 Å². The number of hydrogen-bond donors (Lipinski definition) is 2. The molecule has 2 aromatic rings. The van der Waals surface area contributed by atoms with Crippen LogP contribution in [0.5, 0.6) is 0 Å². The lowest BCUT2D eigenvalue weighted by Crippen LogP contribution is -2.51. The van der Waals surface area contributed by atoms with Crippen LogP contribution < -0.4 is 4.72 Å². The summed E-state index contributed by atoms with van der Waals surface area (Å²) >= 11 is 0. The Labute approximate surface area is 132 Å². The van der Waals surface area contributed by atoms with Gasteiger partial charge in [-0.2, -0.15) is 4.72 Å². The Morgan fingerprint density at radius 3 is 2.09 bits per heavy atom. The SMILES string of the molecule is N=C1C(=O)c2ccccc2C(=O)C1NS(=O)(=O)c1ccccc1. The minimum absolute atomic E-state index is 0.0353. The molecule has 2 N–H and O–H groups in total. The molecule has 7 heteroatoms. The van der Waals surface area contributed by atoms with E-state index in [9.17, 15) is 18.0 Å². The van der Waals surface area contributed by atoms with Gasteiger partial charge in [0.25, 0.3) is 0 Å². The first-order valence-corrected chi connectivity index (χ1v) is 8.24. The average Bonchev–Trinajstić information content (AvgIpc) is 2.57. The van der Waals surface area contributed by atoms with E-state index in [1.165, 1.54) is 24.3 Å². The van der Waals surface area contributed by atoms with Crippen molar-refractivity contribution in [3.05, 3.63) is 65.7 Å². The maximum absolute atomic E-state index is 12.5. The van der Waals surface area contributed by atoms with Gasteiger partial charge < -0.3 is 0 Å². The molecule has 1 atom stereocenters. The van der Waals surface area contributed by atoms with E-state index in [0.29, 0.717) is 0 Å². The molecule has 3 rings (SSSR count). The highest BCUT2D eigenvalue weighted by Crippen LogP contribution is 2.21. The Balaban J connectivity index is 2.00. The summed E-state index contributed by atoms with van der Waals surface area (Å²) in [5, 5.41) is 7.86. The second-order valence-electron chi connectivity index (χ2n) is 5.02. The third-order valence-corrected chi connectivity index (χ3v) is 5.00. The molecule has 6 nitrogen and oxygen atoms in total. The van der Waals surface area contributed by atoms with E-state index in [-0.39, 0.29) is 16.0 Å². The first-order valence-electron chi connectivity index (χ1n) is 6.75. The van der Waals surface area contributed by atoms with Crippen molar-refractivity contribution < 1.29 is 18.0 Å². The molecule has 0 aromatic heterocycles. The monoisotopic (exact) mass is 328 g/mol. The molecule has 0 saturated carbocycles. The van der Waals surface area contributed by atoms with Gasteiger partial charge in [0.1, 0.15) is 11.8 Å². The summed E-state index contributed by atoms with van der Waals surface area (Å²) in [6, 6.07) is 12.1. The van der Waals surface area contributed by atoms with Crippen LogP contribution in [0.3, 0.4) is 0 Å². The zero-order valence-electron chi connectivity index (χ0n) is 11.8. The zero-order chi connectivity index (χ0) is 16.6. The molecule has 0 radical (unpaired) electrons. The minimum Gasteiger partial charge on any atom is -0.299 e. The first kappa shape index (κ1) is 15.3. The van der Waals surface area contributed by atoms with Gasteiger partial charge in [0.15, 0.2) is 5.78 Å². The summed E-state index contributed by atoms with van der Waals surface area (Å²) in [4.78, 5) is 24.6. The molecular formula is C16H12N2O4S. The number of hydrogen-bond acceptors (Lipinski definition) is 5. The zero-order valence-corrected chi connectivity index (χ0v) is 12.6. The van der Waals surface area contributed by atoms with Crippen molar-refractivity contribution in [2.45, 2.75) is 10.9 Å². The average molecular weight is 328 g/mol. The molecule has 0 saturated heterocycles. The van der Waals surface area contributed by atoms with Crippen LogP contribution in [0.15, 0.2) is 59.5 Å². The molecule has 23 heavy (non-hydrogen) atoms. The lowest BCUT2D eigenvalue weighted by molar-refractivity contribution is 0.0943. The minimum atomic E-state index is -4.02. The second kappa shape index (κ2) is 5.53. The van der Waals surface area contributed by atoms with Gasteiger partial charge in [0.05, 0.1) is 4.90 Å². The van der Waals surface area contributed by atoms with Crippen molar-refractivity contribution in [3.8, 4) is 0 Å². The Morgan fingerprint density at radius 1 is 0.870 bits per heavy atom. The van der Waals surface area contributed by atoms with Gasteiger partial charge in [-0.05, 0) is 12.1 Å². The molecule has 0 amide bonds. The van der Waals surface area contributed by atoms with Crippen LogP contribution in [0.2, 0.25) is 0 Å². The molecule has 1 aliphatic rings. The van der Waals surface area contributed by atoms with Crippen molar-refractivity contribution in [2.24, 2.45) is 0 Å². The maximum Gasteiger partial charge on any atom is 0.241 e. The Bertz CT molecular complexity index is 920. The molecule has 0 aliphatic heterocycles. The van der Waals surface area contributed by atoms with Gasteiger partial charge in [-0.1, -0.05) is 42.5 Å². The van der Waals surface area contributed by atoms with Gasteiger partial charge in [-0.25, -0.2) is 8.42 Å². The van der Waals surface area contributed by atoms with Gasteiger partial charge in [0.2, 0.25) is 15.8 Å². The van der Waals surface area contributed by atoms with Crippen LogP contribution in [-0.4, -0.2) is 31.7 Å². The van der Waals surface area contributed by atoms with E-state index in [2.05, 4.69) is 4.72 Å². The van der Waals surface area contributed by atoms with E-state index in [0.717, 1.165) is 0 Å². The van der Waals surface area contributed by atoms with Gasteiger partial charge in [-0.15, -0.1) is 0 Å². The highest BCUT2D eigenvalue weighted by Gasteiger charge is 2.39. The maximum atomic E-state index is 12.5. The predicted molar refractivity (Wildman–Crippen MR) is 83.4 cm³/mol. The lowest BCUT2D eigenvalue weighted by Gasteiger charge is -2.23. The van der Waals surface area contributed by atoms with Crippen LogP contribution in [-0.2, 0) is 10.0 Å². The van der Waals surface area contributed by atoms with Gasteiger partial charge >= 0.3 is 0 Å². The molecule has 0 heterocycles. The summed E-state index contributed by atoms with van der Waals surface area (Å²) < 4.78 is 26.8. The van der Waals surface area contributed by atoms with E-state index in [1.807, 2.05) is 0 Å². The molecule has 1 unspecified atom stereocenters. The summed E-state index contributed by atoms with van der Waals surface area (Å²) in [7, 11) is -4.02. The topological polar surface area (TPSA) is 104 Å². The molecular weight excluding hydrogens is 316 g/mol. The van der Waals surface area contributed by atoms with E-state index in [1.54, 1.807) is 30.3 Å². The van der Waals surface area contributed by atoms with Crippen molar-refractivity contribution >= 4 is 27.3 Å². The van der Waals surface area contributed by atoms with E-state index >= 15 is 0 Å². The lowest BCUT2D eigenvalue weighted by atomic mass is 9.85. The Kier molecular flexibility index (Phi) is 3.67. The standard InChI is InChI=1S/C16H12N2O4S/c17-13-14(18-23(21,22)10-6-2-1-3-7-10)16(20)12-9-5-4-8-11(12)15(13)19/h1-9,14,17-18H. The number of carbonyl (C=O) groups is 2. The molecule has 116 valence electrons. The predicted octanol–water partition coefficient (Wildman–Crippen LogP) is 1.43. The van der Waals surface area contributed by atoms with Crippen LogP contribution in [0.25, 0.3) is 0 Å². The summed E-state index contributed by atoms with van der Waals surface area (Å²) in [6.45, 7) is 0. The number of rotatable bonds is 3. The quantitative estimate of drug-likeness (QED) is 0.889. The third-order valence-electron chi connectivity index (χ3n) is 3.56. The summed E-state index contributed by atoms with van der Waals surface area (Å²) in [5.41, 5.74) is -0.333. The van der Waals surface area contributed by atoms with Crippen LogP contribution >= 0.6 is 0 Å². The van der Waals surface area contributed by atoms with Crippen LogP contribution in [0, 0.1) is 5.41 Å². The number of Topliss-reactive ketones (excluding diaryl/α,β-unsaturated/α-hetero) is 2. The summed E-state index contributed by atoms with van der Waals surface area (Å²) in [6.07, 6.45) is 0. The number of ketones is 2. The Hall–Kier alpha value is -2.64. The fourth-order valence-corrected chi connectivity index (χ4v) is 3.58. The smallest absolute Gasteiger partial charge is 0.241 e. The van der Waals surface area contributed by atoms with Crippen molar-refractivity contribution in [2.75, 3.05) is 0 Å². The highest BCUT2D eigenvalue weighted by molar-refractivity contribution is 7.89. The van der Waals surface area contributed by atoms with Crippen LogP contribution in [0.1, 0.15) is 20.7 Å². The van der Waals surface area contributed by atoms with Gasteiger partial charge in [-0.3, -0.25) is 15.0 Å². The third kappa shape index (κ3) is 2.60. The number of nitrogens with one attached hydrogen (secondary N) is 2. The largest absolute Gasteiger partial charge is 0.299 e. The molecule has 0 fully saturated rings. The van der Waals surface area contributed by atoms with Crippen LogP contribution in [0.4, 0.5) is 0 Å². The van der Waals surface area contributed by atoms with Crippen molar-refractivity contribution in [3.63, 3.8) is 0 Å². The molecule has 0 spiro atoms. The number of sulfonamides is 1. The van der Waals surface area contributed by atoms with Crippen molar-refractivity contribution in [1.82, 2.24) is 4.72 Å². The molecule has 2 aromatic carbocycles. The second-order valence-corrected chi connectivity index (χ2v) is 6.73. The highest BCUT2D eigenvalue weighted by atomic mass is 32.2. The number of carbonyl (C=O) groups excluding carboxylic acids is 2. The number of fused-ring (bicyclic) bond motifs is 1. The Morgan fingerprint density at radius 2 is 1.43 bits per heavy atom.